The first kappa shape index (κ1) is 14.3. The second-order valence-electron chi connectivity index (χ2n) is 5.59. The summed E-state index contributed by atoms with van der Waals surface area (Å²) in [6.45, 7) is 2.15. The first-order valence-electron chi connectivity index (χ1n) is 6.96. The highest BCUT2D eigenvalue weighted by molar-refractivity contribution is 5.85. The molecule has 1 amide bonds. The van der Waals surface area contributed by atoms with Crippen LogP contribution in [0.5, 0.6) is 0 Å². The summed E-state index contributed by atoms with van der Waals surface area (Å²) in [5.41, 5.74) is -1.09. The molecule has 1 aromatic rings. The van der Waals surface area contributed by atoms with Crippen LogP contribution in [0.1, 0.15) is 31.4 Å². The fourth-order valence-electron chi connectivity index (χ4n) is 3.24. The maximum Gasteiger partial charge on any atom is 0.254 e. The maximum atomic E-state index is 13.4. The van der Waals surface area contributed by atoms with Gasteiger partial charge in [0.2, 0.25) is 0 Å². The van der Waals surface area contributed by atoms with Crippen LogP contribution in [0.4, 0.5) is 13.2 Å². The quantitative estimate of drug-likeness (QED) is 0.860. The van der Waals surface area contributed by atoms with Crippen LogP contribution in [-0.2, 0) is 4.79 Å². The second kappa shape index (κ2) is 4.98. The molecule has 2 aliphatic heterocycles. The standard InChI is InChI=1S/C14H16F3N3O/c1-2-14(12(16)17)8-19-4-3-11(20(19)13(14)21)9-5-10(15)7-18-6-9/h5-7,11-12H,2-4,8H2,1H3/t11-,14?/m1/s1. The minimum absolute atomic E-state index is 0.0270. The van der Waals surface area contributed by atoms with Crippen molar-refractivity contribution >= 4 is 5.91 Å². The van der Waals surface area contributed by atoms with Crippen LogP contribution in [0, 0.1) is 11.2 Å². The van der Waals surface area contributed by atoms with Crippen LogP contribution < -0.4 is 0 Å². The summed E-state index contributed by atoms with van der Waals surface area (Å²) in [5.74, 6) is -1.06. The molecule has 2 atom stereocenters. The van der Waals surface area contributed by atoms with E-state index in [2.05, 4.69) is 4.98 Å². The number of pyridine rings is 1. The van der Waals surface area contributed by atoms with Gasteiger partial charge in [-0.1, -0.05) is 6.92 Å². The Kier molecular flexibility index (Phi) is 3.39. The average Bonchev–Trinajstić information content (AvgIpc) is 2.98. The molecule has 3 rings (SSSR count). The van der Waals surface area contributed by atoms with E-state index in [1.807, 2.05) is 0 Å². The Balaban J connectivity index is 1.94. The van der Waals surface area contributed by atoms with Crippen molar-refractivity contribution in [2.24, 2.45) is 5.41 Å². The number of amides is 1. The van der Waals surface area contributed by atoms with E-state index in [9.17, 15) is 18.0 Å². The largest absolute Gasteiger partial charge is 0.272 e. The van der Waals surface area contributed by atoms with Crippen LogP contribution in [0.2, 0.25) is 0 Å². The van der Waals surface area contributed by atoms with Crippen molar-refractivity contribution in [1.82, 2.24) is 15.0 Å². The van der Waals surface area contributed by atoms with Gasteiger partial charge >= 0.3 is 0 Å². The number of aromatic nitrogens is 1. The van der Waals surface area contributed by atoms with Gasteiger partial charge < -0.3 is 0 Å². The molecular weight excluding hydrogens is 283 g/mol. The Bertz CT molecular complexity index is 568. The summed E-state index contributed by atoms with van der Waals surface area (Å²) in [4.78, 5) is 16.3. The Hall–Kier alpha value is -1.63. The summed E-state index contributed by atoms with van der Waals surface area (Å²) in [6, 6.07) is 0.899. The number of halogens is 3. The zero-order chi connectivity index (χ0) is 15.2. The van der Waals surface area contributed by atoms with E-state index in [-0.39, 0.29) is 13.0 Å². The maximum absolute atomic E-state index is 13.4. The summed E-state index contributed by atoms with van der Waals surface area (Å²) in [6.07, 6.45) is 0.549. The number of hydrogen-bond acceptors (Lipinski definition) is 3. The molecule has 0 saturated carbocycles. The third kappa shape index (κ3) is 2.02. The molecule has 0 aliphatic carbocycles. The lowest BCUT2D eigenvalue weighted by Gasteiger charge is -2.27. The normalized spacial score (nSPS) is 29.5. The summed E-state index contributed by atoms with van der Waals surface area (Å²) < 4.78 is 40.1. The molecule has 2 aliphatic rings. The molecule has 0 N–H and O–H groups in total. The molecule has 2 fully saturated rings. The van der Waals surface area contributed by atoms with E-state index in [4.69, 9.17) is 0 Å². The Morgan fingerprint density at radius 1 is 1.48 bits per heavy atom. The van der Waals surface area contributed by atoms with Crippen molar-refractivity contribution in [3.05, 3.63) is 29.8 Å². The highest BCUT2D eigenvalue weighted by atomic mass is 19.3. The minimum Gasteiger partial charge on any atom is -0.272 e. The van der Waals surface area contributed by atoms with Crippen molar-refractivity contribution in [3.63, 3.8) is 0 Å². The zero-order valence-corrected chi connectivity index (χ0v) is 11.6. The van der Waals surface area contributed by atoms with Gasteiger partial charge in [0.25, 0.3) is 12.3 Å². The predicted molar refractivity (Wildman–Crippen MR) is 68.7 cm³/mol. The molecule has 1 aromatic heterocycles. The Morgan fingerprint density at radius 3 is 2.86 bits per heavy atom. The summed E-state index contributed by atoms with van der Waals surface area (Å²) in [7, 11) is 0. The van der Waals surface area contributed by atoms with Crippen LogP contribution in [0.3, 0.4) is 0 Å². The van der Waals surface area contributed by atoms with Crippen LogP contribution in [0.25, 0.3) is 0 Å². The average molecular weight is 299 g/mol. The van der Waals surface area contributed by atoms with Gasteiger partial charge in [-0.2, -0.15) is 0 Å². The van der Waals surface area contributed by atoms with Gasteiger partial charge in [-0.15, -0.1) is 0 Å². The van der Waals surface area contributed by atoms with E-state index in [0.29, 0.717) is 18.5 Å². The number of carbonyl (C=O) groups excluding carboxylic acids is 1. The van der Waals surface area contributed by atoms with Gasteiger partial charge in [0.15, 0.2) is 0 Å². The molecule has 0 radical (unpaired) electrons. The van der Waals surface area contributed by atoms with Crippen LogP contribution in [0.15, 0.2) is 18.5 Å². The van der Waals surface area contributed by atoms with Crippen molar-refractivity contribution < 1.29 is 18.0 Å². The van der Waals surface area contributed by atoms with E-state index in [1.54, 1.807) is 11.9 Å². The number of hydrogen-bond donors (Lipinski definition) is 0. The van der Waals surface area contributed by atoms with Gasteiger partial charge in [0.05, 0.1) is 12.2 Å². The molecule has 2 saturated heterocycles. The Labute approximate surface area is 120 Å². The van der Waals surface area contributed by atoms with Crippen molar-refractivity contribution in [2.75, 3.05) is 13.1 Å². The fourth-order valence-corrected chi connectivity index (χ4v) is 3.24. The SMILES string of the molecule is CCC1(C(F)F)CN2CC[C@H](c3cncc(F)c3)N2C1=O. The van der Waals surface area contributed by atoms with Crippen molar-refractivity contribution in [1.29, 1.82) is 0 Å². The zero-order valence-electron chi connectivity index (χ0n) is 11.6. The predicted octanol–water partition coefficient (Wildman–Crippen LogP) is 2.39. The van der Waals surface area contributed by atoms with E-state index < -0.39 is 29.6 Å². The molecule has 114 valence electrons. The van der Waals surface area contributed by atoms with Gasteiger partial charge in [-0.3, -0.25) is 14.8 Å². The second-order valence-corrected chi connectivity index (χ2v) is 5.59. The van der Waals surface area contributed by atoms with Crippen molar-refractivity contribution in [2.45, 2.75) is 32.2 Å². The van der Waals surface area contributed by atoms with Gasteiger partial charge in [-0.25, -0.2) is 18.2 Å². The lowest BCUT2D eigenvalue weighted by Crippen LogP contribution is -2.41. The highest BCUT2D eigenvalue weighted by Crippen LogP contribution is 2.46. The third-order valence-corrected chi connectivity index (χ3v) is 4.52. The molecule has 4 nitrogen and oxygen atoms in total. The Morgan fingerprint density at radius 2 is 2.24 bits per heavy atom. The molecule has 21 heavy (non-hydrogen) atoms. The molecule has 1 unspecified atom stereocenters. The van der Waals surface area contributed by atoms with Crippen LogP contribution >= 0.6 is 0 Å². The first-order valence-corrected chi connectivity index (χ1v) is 6.96. The number of nitrogens with zero attached hydrogens (tertiary/aromatic N) is 3. The highest BCUT2D eigenvalue weighted by Gasteiger charge is 2.59. The fraction of sp³-hybridized carbons (Fsp3) is 0.571. The molecular formula is C14H16F3N3O. The number of fused-ring (bicyclic) bond motifs is 1. The number of rotatable bonds is 3. The van der Waals surface area contributed by atoms with Crippen molar-refractivity contribution in [3.8, 4) is 0 Å². The molecule has 0 aromatic carbocycles. The minimum atomic E-state index is -2.70. The number of hydrazine groups is 1. The summed E-state index contributed by atoms with van der Waals surface area (Å²) >= 11 is 0. The molecule has 3 heterocycles. The van der Waals surface area contributed by atoms with E-state index in [1.165, 1.54) is 17.3 Å². The van der Waals surface area contributed by atoms with Gasteiger partial charge in [-0.05, 0) is 24.5 Å². The topological polar surface area (TPSA) is 36.4 Å². The third-order valence-electron chi connectivity index (χ3n) is 4.52. The van der Waals surface area contributed by atoms with E-state index in [0.717, 1.165) is 6.20 Å². The van der Waals surface area contributed by atoms with Gasteiger partial charge in [0, 0.05) is 19.3 Å². The lowest BCUT2D eigenvalue weighted by molar-refractivity contribution is -0.148. The van der Waals surface area contributed by atoms with E-state index >= 15 is 0 Å². The molecule has 0 bridgehead atoms. The number of carbonyl (C=O) groups is 1. The lowest BCUT2D eigenvalue weighted by atomic mass is 9.84. The first-order chi connectivity index (χ1) is 9.99. The molecule has 7 heteroatoms. The number of alkyl halides is 2. The van der Waals surface area contributed by atoms with Gasteiger partial charge in [0.1, 0.15) is 11.2 Å². The smallest absolute Gasteiger partial charge is 0.254 e. The molecule has 0 spiro atoms. The summed E-state index contributed by atoms with van der Waals surface area (Å²) in [5, 5.41) is 3.04. The van der Waals surface area contributed by atoms with Crippen LogP contribution in [-0.4, -0.2) is 40.4 Å². The monoisotopic (exact) mass is 299 g/mol.